The summed E-state index contributed by atoms with van der Waals surface area (Å²) in [5, 5.41) is 2.46. The Morgan fingerprint density at radius 3 is 2.10 bits per heavy atom. The minimum atomic E-state index is -1.77. The number of halogens is 2. The molecule has 0 aromatic heterocycles. The standard InChI is InChI=1S/C38H54Cl2N4O2SSi/c1-24(2)32-33(35(45)43(25(3)4)31-22-30(23-31)42(9)20-21-46-48(10,11)37(5,6)7)47-36-41-38(8,27-14-18-29(40)19-15-27)34(44(32)36)26-12-16-28(39)17-13-26/h12-19,24-25,30-31,34H,20-23H2,1-11H3. The molecule has 2 atom stereocenters. The van der Waals surface area contributed by atoms with E-state index < -0.39 is 13.9 Å². The summed E-state index contributed by atoms with van der Waals surface area (Å²) < 4.78 is 6.46. The summed E-state index contributed by atoms with van der Waals surface area (Å²) in [4.78, 5) is 27.8. The average Bonchev–Trinajstić information content (AvgIpc) is 3.47. The molecule has 1 fully saturated rings. The summed E-state index contributed by atoms with van der Waals surface area (Å²) in [6.07, 6.45) is 1.95. The summed E-state index contributed by atoms with van der Waals surface area (Å²) in [7, 11) is 0.427. The highest BCUT2D eigenvalue weighted by molar-refractivity contribution is 8.18. The number of hydrogen-bond acceptors (Lipinski definition) is 6. The Bertz CT molecular complexity index is 1550. The number of hydrogen-bond donors (Lipinski definition) is 0. The summed E-state index contributed by atoms with van der Waals surface area (Å²) in [5.74, 6) is 0.230. The zero-order valence-corrected chi connectivity index (χ0v) is 33.9. The van der Waals surface area contributed by atoms with E-state index in [-0.39, 0.29) is 35.0 Å². The van der Waals surface area contributed by atoms with E-state index in [0.717, 1.165) is 52.9 Å². The first-order valence-electron chi connectivity index (χ1n) is 17.3. The van der Waals surface area contributed by atoms with Crippen molar-refractivity contribution in [1.29, 1.82) is 0 Å². The number of nitrogens with zero attached hydrogens (tertiary/aromatic N) is 4. The number of thioether (sulfide) groups is 1. The smallest absolute Gasteiger partial charge is 0.263 e. The Morgan fingerprint density at radius 2 is 1.58 bits per heavy atom. The van der Waals surface area contributed by atoms with Gasteiger partial charge in [0.05, 0.1) is 6.04 Å². The Kier molecular flexibility index (Phi) is 11.0. The van der Waals surface area contributed by atoms with Crippen molar-refractivity contribution in [2.24, 2.45) is 10.9 Å². The van der Waals surface area contributed by atoms with Gasteiger partial charge in [-0.1, -0.05) is 82.1 Å². The van der Waals surface area contributed by atoms with Crippen LogP contribution in [-0.4, -0.2) is 72.4 Å². The van der Waals surface area contributed by atoms with Crippen molar-refractivity contribution >= 4 is 54.4 Å². The van der Waals surface area contributed by atoms with Crippen LogP contribution < -0.4 is 0 Å². The molecule has 0 N–H and O–H groups in total. The zero-order chi connectivity index (χ0) is 35.3. The van der Waals surface area contributed by atoms with Crippen LogP contribution in [0.3, 0.4) is 0 Å². The highest BCUT2D eigenvalue weighted by Crippen LogP contribution is 2.56. The van der Waals surface area contributed by atoms with Crippen LogP contribution in [0.5, 0.6) is 0 Å². The van der Waals surface area contributed by atoms with Crippen LogP contribution >= 0.6 is 35.0 Å². The fraction of sp³-hybridized carbons (Fsp3) is 0.579. The number of amides is 1. The number of likely N-dealkylation sites (N-methyl/N-ethyl adjacent to an activating group) is 1. The molecule has 3 aliphatic rings. The molecule has 2 heterocycles. The van der Waals surface area contributed by atoms with E-state index in [1.165, 1.54) is 11.8 Å². The first-order chi connectivity index (χ1) is 22.4. The van der Waals surface area contributed by atoms with Gasteiger partial charge >= 0.3 is 0 Å². The van der Waals surface area contributed by atoms with Gasteiger partial charge in [0.1, 0.15) is 10.4 Å². The third kappa shape index (κ3) is 7.17. The van der Waals surface area contributed by atoms with Gasteiger partial charge in [-0.3, -0.25) is 4.79 Å². The van der Waals surface area contributed by atoms with Gasteiger partial charge in [0, 0.05) is 47.0 Å². The fourth-order valence-corrected chi connectivity index (χ4v) is 9.63. The lowest BCUT2D eigenvalue weighted by atomic mass is 9.81. The van der Waals surface area contributed by atoms with E-state index in [9.17, 15) is 4.79 Å². The van der Waals surface area contributed by atoms with Crippen LogP contribution in [0.4, 0.5) is 0 Å². The van der Waals surface area contributed by atoms with E-state index >= 15 is 0 Å². The first-order valence-corrected chi connectivity index (χ1v) is 21.8. The predicted octanol–water partition coefficient (Wildman–Crippen LogP) is 9.96. The van der Waals surface area contributed by atoms with Gasteiger partial charge in [-0.15, -0.1) is 0 Å². The van der Waals surface area contributed by atoms with Crippen molar-refractivity contribution in [2.75, 3.05) is 20.2 Å². The summed E-state index contributed by atoms with van der Waals surface area (Å²) in [6.45, 7) is 24.0. The largest absolute Gasteiger partial charge is 0.416 e. The predicted molar refractivity (Wildman–Crippen MR) is 206 cm³/mol. The maximum atomic E-state index is 14.7. The second kappa shape index (κ2) is 14.1. The molecule has 48 heavy (non-hydrogen) atoms. The van der Waals surface area contributed by atoms with Crippen LogP contribution in [0.2, 0.25) is 28.2 Å². The molecule has 1 aliphatic carbocycles. The zero-order valence-electron chi connectivity index (χ0n) is 30.6. The summed E-state index contributed by atoms with van der Waals surface area (Å²) >= 11 is 14.2. The van der Waals surface area contributed by atoms with E-state index in [1.807, 2.05) is 24.3 Å². The van der Waals surface area contributed by atoms with Crippen molar-refractivity contribution in [3.63, 3.8) is 0 Å². The number of benzene rings is 2. The highest BCUT2D eigenvalue weighted by atomic mass is 35.5. The van der Waals surface area contributed by atoms with Gasteiger partial charge in [0.15, 0.2) is 13.5 Å². The van der Waals surface area contributed by atoms with E-state index in [4.69, 9.17) is 32.6 Å². The van der Waals surface area contributed by atoms with Crippen LogP contribution in [0, 0.1) is 5.92 Å². The van der Waals surface area contributed by atoms with Crippen LogP contribution in [0.15, 0.2) is 64.1 Å². The molecule has 262 valence electrons. The second-order valence-corrected chi connectivity index (χ2v) is 22.7. The molecule has 5 rings (SSSR count). The van der Waals surface area contributed by atoms with Crippen molar-refractivity contribution in [2.45, 2.75) is 116 Å². The Hall–Kier alpha value is -1.81. The number of carbonyl (C=O) groups excluding carboxylic acids is 1. The molecule has 2 aromatic carbocycles. The minimum absolute atomic E-state index is 0.0842. The number of carbonyl (C=O) groups is 1. The SMILES string of the molecule is CC(C)C1=C(C(=O)N(C(C)C)C2CC(N(C)CCO[Si](C)(C)C(C)(C)C)C2)SC2=NC(C)(c3ccc(Cl)cc3)C(c3ccc(Cl)cc3)N21. The van der Waals surface area contributed by atoms with Crippen molar-refractivity contribution in [3.05, 3.63) is 80.3 Å². The lowest BCUT2D eigenvalue weighted by molar-refractivity contribution is -0.134. The molecular weight excluding hydrogens is 676 g/mol. The third-order valence-electron chi connectivity index (χ3n) is 11.0. The summed E-state index contributed by atoms with van der Waals surface area (Å²) in [5.41, 5.74) is 2.63. The third-order valence-corrected chi connectivity index (χ3v) is 17.1. The quantitative estimate of drug-likeness (QED) is 0.216. The lowest BCUT2D eigenvalue weighted by Crippen LogP contribution is -2.57. The van der Waals surface area contributed by atoms with Gasteiger partial charge in [0.2, 0.25) is 0 Å². The minimum Gasteiger partial charge on any atom is -0.416 e. The maximum absolute atomic E-state index is 14.7. The molecule has 1 amide bonds. The number of allylic oxidation sites excluding steroid dienone is 1. The molecule has 0 bridgehead atoms. The van der Waals surface area contributed by atoms with E-state index in [2.05, 4.69) is 114 Å². The number of fused-ring (bicyclic) bond motifs is 1. The Labute approximate surface area is 304 Å². The normalized spacial score (nSPS) is 24.5. The van der Waals surface area contributed by atoms with E-state index in [1.54, 1.807) is 0 Å². The van der Waals surface area contributed by atoms with Gasteiger partial charge in [-0.25, -0.2) is 4.99 Å². The van der Waals surface area contributed by atoms with Crippen molar-refractivity contribution in [3.8, 4) is 0 Å². The molecule has 0 spiro atoms. The molecule has 2 unspecified atom stereocenters. The molecular formula is C38H54Cl2N4O2SSi. The lowest BCUT2D eigenvalue weighted by Gasteiger charge is -2.48. The van der Waals surface area contributed by atoms with Crippen molar-refractivity contribution < 1.29 is 9.22 Å². The number of aliphatic imine (C=N–C) groups is 1. The molecule has 10 heteroatoms. The first kappa shape index (κ1) is 37.4. The van der Waals surface area contributed by atoms with E-state index in [0.29, 0.717) is 16.1 Å². The summed E-state index contributed by atoms with van der Waals surface area (Å²) in [6, 6.07) is 16.6. The highest BCUT2D eigenvalue weighted by Gasteiger charge is 2.54. The van der Waals surface area contributed by atoms with Gasteiger partial charge in [-0.2, -0.15) is 0 Å². The second-order valence-electron chi connectivity index (χ2n) is 16.0. The van der Waals surface area contributed by atoms with Crippen LogP contribution in [0.1, 0.15) is 85.4 Å². The molecule has 6 nitrogen and oxygen atoms in total. The molecule has 1 saturated carbocycles. The van der Waals surface area contributed by atoms with Crippen LogP contribution in [0.25, 0.3) is 0 Å². The fourth-order valence-electron chi connectivity index (χ4n) is 6.99. The Balaban J connectivity index is 1.39. The molecule has 0 radical (unpaired) electrons. The average molecular weight is 730 g/mol. The molecule has 2 aromatic rings. The van der Waals surface area contributed by atoms with Crippen molar-refractivity contribution in [1.82, 2.24) is 14.7 Å². The topological polar surface area (TPSA) is 48.4 Å². The number of amidine groups is 1. The van der Waals surface area contributed by atoms with Crippen LogP contribution in [-0.2, 0) is 14.8 Å². The van der Waals surface area contributed by atoms with Gasteiger partial charge < -0.3 is 19.1 Å². The monoisotopic (exact) mass is 728 g/mol. The molecule has 0 saturated heterocycles. The number of rotatable bonds is 11. The Morgan fingerprint density at radius 1 is 1.02 bits per heavy atom. The van der Waals surface area contributed by atoms with Gasteiger partial charge in [-0.05, 0) is 112 Å². The van der Waals surface area contributed by atoms with Gasteiger partial charge in [0.25, 0.3) is 5.91 Å². The molecule has 2 aliphatic heterocycles. The maximum Gasteiger partial charge on any atom is 0.263 e.